The van der Waals surface area contributed by atoms with Crippen LogP contribution in [0, 0.1) is 17.6 Å². The van der Waals surface area contributed by atoms with E-state index in [0.717, 1.165) is 17.7 Å². The average Bonchev–Trinajstić information content (AvgIpc) is 3.10. The number of carbonyl (C=O) groups excluding carboxylic acids is 1. The molecule has 0 aliphatic carbocycles. The second-order valence-corrected chi connectivity index (χ2v) is 7.15. The molecule has 0 aromatic heterocycles. The van der Waals surface area contributed by atoms with Gasteiger partial charge in [-0.3, -0.25) is 4.79 Å². The van der Waals surface area contributed by atoms with Gasteiger partial charge in [-0.15, -0.1) is 0 Å². The average molecular weight is 370 g/mol. The van der Waals surface area contributed by atoms with Crippen molar-refractivity contribution < 1.29 is 13.6 Å². The summed E-state index contributed by atoms with van der Waals surface area (Å²) in [7, 11) is 1.76. The third-order valence-electron chi connectivity index (χ3n) is 4.98. The Morgan fingerprint density at radius 3 is 2.48 bits per heavy atom. The topological polar surface area (TPSA) is 32.3 Å². The van der Waals surface area contributed by atoms with Crippen molar-refractivity contribution in [3.05, 3.63) is 77.4 Å². The van der Waals surface area contributed by atoms with Crippen LogP contribution in [0.1, 0.15) is 31.0 Å². The third kappa shape index (κ3) is 3.93. The monoisotopic (exact) mass is 370 g/mol. The van der Waals surface area contributed by atoms with Crippen LogP contribution in [-0.4, -0.2) is 30.4 Å². The second kappa shape index (κ2) is 8.01. The highest BCUT2D eigenvalue weighted by Gasteiger charge is 2.35. The number of likely N-dealkylation sites (N-methyl/N-ethyl adjacent to an activating group) is 1. The Balaban J connectivity index is 2.01. The first-order valence-corrected chi connectivity index (χ1v) is 9.11. The molecular formula is C22H24F2N2O. The number of halogens is 2. The highest BCUT2D eigenvalue weighted by Crippen LogP contribution is 2.36. The van der Waals surface area contributed by atoms with E-state index < -0.39 is 11.6 Å². The van der Waals surface area contributed by atoms with Crippen LogP contribution in [0.2, 0.25) is 0 Å². The maximum absolute atomic E-state index is 14.3. The van der Waals surface area contributed by atoms with E-state index in [0.29, 0.717) is 5.57 Å². The molecule has 5 heteroatoms. The van der Waals surface area contributed by atoms with Crippen LogP contribution >= 0.6 is 0 Å². The first-order valence-electron chi connectivity index (χ1n) is 9.11. The van der Waals surface area contributed by atoms with Crippen molar-refractivity contribution in [2.45, 2.75) is 25.9 Å². The van der Waals surface area contributed by atoms with Crippen molar-refractivity contribution in [1.29, 1.82) is 0 Å². The number of amides is 1. The summed E-state index contributed by atoms with van der Waals surface area (Å²) in [6.07, 6.45) is 1.86. The number of hydrogen-bond acceptors (Lipinski definition) is 2. The lowest BCUT2D eigenvalue weighted by Gasteiger charge is -2.31. The molecule has 0 fully saturated rings. The van der Waals surface area contributed by atoms with Gasteiger partial charge in [0, 0.05) is 12.1 Å². The van der Waals surface area contributed by atoms with E-state index in [1.807, 2.05) is 50.3 Å². The minimum atomic E-state index is -0.497. The predicted molar refractivity (Wildman–Crippen MR) is 103 cm³/mol. The highest BCUT2D eigenvalue weighted by molar-refractivity contribution is 5.87. The zero-order chi connectivity index (χ0) is 19.6. The van der Waals surface area contributed by atoms with E-state index in [4.69, 9.17) is 0 Å². The first-order chi connectivity index (χ1) is 12.9. The van der Waals surface area contributed by atoms with Crippen molar-refractivity contribution in [3.8, 4) is 0 Å². The number of hydrogen-bond donors (Lipinski definition) is 1. The Morgan fingerprint density at radius 1 is 1.15 bits per heavy atom. The highest BCUT2D eigenvalue weighted by atomic mass is 19.1. The van der Waals surface area contributed by atoms with E-state index in [1.165, 1.54) is 6.07 Å². The predicted octanol–water partition coefficient (Wildman–Crippen LogP) is 4.18. The third-order valence-corrected chi connectivity index (χ3v) is 4.98. The van der Waals surface area contributed by atoms with Crippen LogP contribution in [0.15, 0.2) is 54.6 Å². The SMILES string of the molecule is CN[C@H](C(=O)N1CC(c2cc(F)ccc2F)=CC1c1ccccc1)C(C)C. The van der Waals surface area contributed by atoms with Gasteiger partial charge in [0.1, 0.15) is 11.6 Å². The summed E-state index contributed by atoms with van der Waals surface area (Å²) in [6.45, 7) is 4.20. The summed E-state index contributed by atoms with van der Waals surface area (Å²) in [5.41, 5.74) is 1.76. The van der Waals surface area contributed by atoms with Gasteiger partial charge in [0.25, 0.3) is 0 Å². The molecule has 3 nitrogen and oxygen atoms in total. The summed E-state index contributed by atoms with van der Waals surface area (Å²) < 4.78 is 28.0. The van der Waals surface area contributed by atoms with Gasteiger partial charge in [0.05, 0.1) is 12.1 Å². The molecule has 0 bridgehead atoms. The van der Waals surface area contributed by atoms with Crippen LogP contribution in [-0.2, 0) is 4.79 Å². The lowest BCUT2D eigenvalue weighted by molar-refractivity contribution is -0.134. The van der Waals surface area contributed by atoms with E-state index in [2.05, 4.69) is 5.32 Å². The van der Waals surface area contributed by atoms with Crippen molar-refractivity contribution in [2.24, 2.45) is 5.92 Å². The fourth-order valence-corrected chi connectivity index (χ4v) is 3.60. The van der Waals surface area contributed by atoms with Gasteiger partial charge < -0.3 is 10.2 Å². The van der Waals surface area contributed by atoms with Crippen molar-refractivity contribution in [1.82, 2.24) is 10.2 Å². The standard InChI is InChI=1S/C22H24F2N2O/c1-14(2)21(25-3)22(27)26-13-16(18-12-17(23)9-10-19(18)24)11-20(26)15-7-5-4-6-8-15/h4-12,14,20-21,25H,13H2,1-3H3/t20?,21-/m0/s1. The second-order valence-electron chi connectivity index (χ2n) is 7.15. The molecule has 0 saturated carbocycles. The van der Waals surface area contributed by atoms with Gasteiger partial charge in [-0.1, -0.05) is 50.3 Å². The molecule has 1 unspecified atom stereocenters. The van der Waals surface area contributed by atoms with E-state index in [1.54, 1.807) is 11.9 Å². The van der Waals surface area contributed by atoms with Gasteiger partial charge in [-0.05, 0) is 42.3 Å². The van der Waals surface area contributed by atoms with Gasteiger partial charge >= 0.3 is 0 Å². The molecule has 0 radical (unpaired) electrons. The lowest BCUT2D eigenvalue weighted by atomic mass is 10.0. The number of nitrogens with zero attached hydrogens (tertiary/aromatic N) is 1. The number of carbonyl (C=O) groups is 1. The molecule has 1 heterocycles. The Kier molecular flexibility index (Phi) is 5.71. The molecule has 3 rings (SSSR count). The number of nitrogens with one attached hydrogen (secondary N) is 1. The number of benzene rings is 2. The minimum Gasteiger partial charge on any atom is -0.326 e. The first kappa shape index (κ1) is 19.2. The van der Waals surface area contributed by atoms with Crippen molar-refractivity contribution in [2.75, 3.05) is 13.6 Å². The molecule has 1 N–H and O–H groups in total. The molecule has 0 saturated heterocycles. The fraction of sp³-hybridized carbons (Fsp3) is 0.318. The van der Waals surface area contributed by atoms with Crippen molar-refractivity contribution >= 4 is 11.5 Å². The molecule has 27 heavy (non-hydrogen) atoms. The molecule has 1 amide bonds. The van der Waals surface area contributed by atoms with Crippen LogP contribution < -0.4 is 5.32 Å². The molecule has 1 aliphatic rings. The maximum Gasteiger partial charge on any atom is 0.241 e. The number of rotatable bonds is 5. The van der Waals surface area contributed by atoms with Gasteiger partial charge in [-0.2, -0.15) is 0 Å². The maximum atomic E-state index is 14.3. The summed E-state index contributed by atoms with van der Waals surface area (Å²) in [6, 6.07) is 12.4. The quantitative estimate of drug-likeness (QED) is 0.857. The lowest BCUT2D eigenvalue weighted by Crippen LogP contribution is -2.48. The molecular weight excluding hydrogens is 346 g/mol. The van der Waals surface area contributed by atoms with Crippen LogP contribution in [0.5, 0.6) is 0 Å². The van der Waals surface area contributed by atoms with E-state index in [9.17, 15) is 13.6 Å². The van der Waals surface area contributed by atoms with E-state index in [-0.39, 0.29) is 36.0 Å². The molecule has 142 valence electrons. The summed E-state index contributed by atoms with van der Waals surface area (Å²) in [5, 5.41) is 3.08. The summed E-state index contributed by atoms with van der Waals surface area (Å²) >= 11 is 0. The Hall–Kier alpha value is -2.53. The summed E-state index contributed by atoms with van der Waals surface area (Å²) in [4.78, 5) is 14.9. The molecule has 0 spiro atoms. The zero-order valence-corrected chi connectivity index (χ0v) is 15.7. The van der Waals surface area contributed by atoms with Gasteiger partial charge in [0.2, 0.25) is 5.91 Å². The van der Waals surface area contributed by atoms with E-state index >= 15 is 0 Å². The molecule has 2 aromatic carbocycles. The van der Waals surface area contributed by atoms with Gasteiger partial charge in [-0.25, -0.2) is 8.78 Å². The Bertz CT molecular complexity index is 849. The molecule has 1 aliphatic heterocycles. The van der Waals surface area contributed by atoms with Crippen LogP contribution in [0.4, 0.5) is 8.78 Å². The van der Waals surface area contributed by atoms with Crippen LogP contribution in [0.3, 0.4) is 0 Å². The smallest absolute Gasteiger partial charge is 0.241 e. The zero-order valence-electron chi connectivity index (χ0n) is 15.7. The minimum absolute atomic E-state index is 0.0515. The van der Waals surface area contributed by atoms with Crippen LogP contribution in [0.25, 0.3) is 5.57 Å². The largest absolute Gasteiger partial charge is 0.326 e. The molecule has 2 atom stereocenters. The normalized spacial score (nSPS) is 17.9. The van der Waals surface area contributed by atoms with Crippen molar-refractivity contribution in [3.63, 3.8) is 0 Å². The Morgan fingerprint density at radius 2 is 1.85 bits per heavy atom. The van der Waals surface area contributed by atoms with Gasteiger partial charge in [0.15, 0.2) is 0 Å². The fourth-order valence-electron chi connectivity index (χ4n) is 3.60. The molecule has 2 aromatic rings. The Labute approximate surface area is 158 Å². The summed E-state index contributed by atoms with van der Waals surface area (Å²) in [5.74, 6) is -0.931.